The van der Waals surface area contributed by atoms with Gasteiger partial charge in [0, 0.05) is 48.2 Å². The lowest BCUT2D eigenvalue weighted by Crippen LogP contribution is -2.37. The molecule has 0 spiro atoms. The smallest absolute Gasteiger partial charge is 0.322 e. The summed E-state index contributed by atoms with van der Waals surface area (Å²) in [6.07, 6.45) is 6.88. The van der Waals surface area contributed by atoms with Crippen LogP contribution in [0.15, 0.2) is 54.9 Å². The Morgan fingerprint density at radius 2 is 2.00 bits per heavy atom. The molecule has 1 aliphatic rings. The highest BCUT2D eigenvalue weighted by Crippen LogP contribution is 2.31. The molecule has 0 saturated carbocycles. The second-order valence-corrected chi connectivity index (χ2v) is 7.28. The van der Waals surface area contributed by atoms with Crippen LogP contribution in [0.1, 0.15) is 31.9 Å². The molecule has 1 aromatic carbocycles. The van der Waals surface area contributed by atoms with Gasteiger partial charge in [-0.05, 0) is 62.2 Å². The molecule has 2 amide bonds. The molecule has 0 atom stereocenters. The minimum absolute atomic E-state index is 0.173. The van der Waals surface area contributed by atoms with Crippen molar-refractivity contribution in [2.45, 2.75) is 26.3 Å². The van der Waals surface area contributed by atoms with Crippen LogP contribution >= 0.6 is 0 Å². The average Bonchev–Trinajstić information content (AvgIpc) is 3.10. The fraction of sp³-hybridized carbons (Fsp3) is 0.273. The molecule has 3 aromatic rings. The third kappa shape index (κ3) is 3.50. The van der Waals surface area contributed by atoms with E-state index in [9.17, 15) is 9.18 Å². The average molecular weight is 378 g/mol. The second kappa shape index (κ2) is 7.46. The standard InChI is InChI=1S/C22H23FN4O/c1-15(2)27-14-20(19-4-3-11-24-21(19)27)16-9-12-26(13-10-16)22(28)25-18-7-5-17(23)6-8-18/h3-9,11,14-15H,10,12-13H2,1-2H3,(H,25,28). The van der Waals surface area contributed by atoms with E-state index in [1.807, 2.05) is 12.3 Å². The quantitative estimate of drug-likeness (QED) is 0.691. The molecule has 0 fully saturated rings. The van der Waals surface area contributed by atoms with Gasteiger partial charge in [-0.3, -0.25) is 0 Å². The van der Waals surface area contributed by atoms with E-state index in [1.165, 1.54) is 23.3 Å². The molecule has 144 valence electrons. The van der Waals surface area contributed by atoms with E-state index in [2.05, 4.69) is 47.1 Å². The van der Waals surface area contributed by atoms with E-state index in [4.69, 9.17) is 0 Å². The van der Waals surface area contributed by atoms with Crippen LogP contribution in [-0.4, -0.2) is 33.6 Å². The Bertz CT molecular complexity index is 1040. The van der Waals surface area contributed by atoms with Crippen molar-refractivity contribution in [2.24, 2.45) is 0 Å². The highest BCUT2D eigenvalue weighted by Gasteiger charge is 2.21. The highest BCUT2D eigenvalue weighted by atomic mass is 19.1. The largest absolute Gasteiger partial charge is 0.329 e. The Hall–Kier alpha value is -3.15. The van der Waals surface area contributed by atoms with Crippen LogP contribution in [0.25, 0.3) is 16.6 Å². The normalized spacial score (nSPS) is 14.4. The Balaban J connectivity index is 1.52. The number of amides is 2. The molecule has 0 bridgehead atoms. The number of halogens is 1. The highest BCUT2D eigenvalue weighted by molar-refractivity contribution is 5.93. The number of nitrogens with zero attached hydrogens (tertiary/aromatic N) is 3. The lowest BCUT2D eigenvalue weighted by atomic mass is 10.00. The van der Waals surface area contributed by atoms with Gasteiger partial charge in [0.15, 0.2) is 0 Å². The number of anilines is 1. The molecule has 2 aromatic heterocycles. The van der Waals surface area contributed by atoms with Crippen molar-refractivity contribution < 1.29 is 9.18 Å². The number of benzene rings is 1. The maximum atomic E-state index is 13.0. The zero-order valence-corrected chi connectivity index (χ0v) is 16.0. The zero-order chi connectivity index (χ0) is 19.7. The molecular weight excluding hydrogens is 355 g/mol. The maximum absolute atomic E-state index is 13.0. The molecule has 6 heteroatoms. The SMILES string of the molecule is CC(C)n1cc(C2=CCN(C(=O)Nc3ccc(F)cc3)CC2)c2cccnc21. The number of carbonyl (C=O) groups excluding carboxylic acids is 1. The number of fused-ring (bicyclic) bond motifs is 1. The molecular formula is C22H23FN4O. The van der Waals surface area contributed by atoms with E-state index >= 15 is 0 Å². The Kier molecular flexibility index (Phi) is 4.86. The van der Waals surface area contributed by atoms with Crippen molar-refractivity contribution in [3.05, 3.63) is 66.2 Å². The Morgan fingerprint density at radius 3 is 2.68 bits per heavy atom. The lowest BCUT2D eigenvalue weighted by Gasteiger charge is -2.26. The predicted molar refractivity (Wildman–Crippen MR) is 110 cm³/mol. The third-order valence-corrected chi connectivity index (χ3v) is 5.08. The van der Waals surface area contributed by atoms with Gasteiger partial charge in [-0.2, -0.15) is 0 Å². The minimum Gasteiger partial charge on any atom is -0.329 e. The minimum atomic E-state index is -0.321. The van der Waals surface area contributed by atoms with E-state index in [-0.39, 0.29) is 11.8 Å². The first-order valence-electron chi connectivity index (χ1n) is 9.49. The molecule has 0 radical (unpaired) electrons. The molecule has 0 saturated heterocycles. The van der Waals surface area contributed by atoms with Crippen LogP contribution < -0.4 is 5.32 Å². The number of carbonyl (C=O) groups is 1. The summed E-state index contributed by atoms with van der Waals surface area (Å²) in [5, 5.41) is 3.96. The summed E-state index contributed by atoms with van der Waals surface area (Å²) in [5.41, 5.74) is 4.01. The van der Waals surface area contributed by atoms with Gasteiger partial charge in [0.05, 0.1) is 0 Å². The Labute approximate surface area is 163 Å². The fourth-order valence-electron chi connectivity index (χ4n) is 3.57. The van der Waals surface area contributed by atoms with Crippen molar-refractivity contribution in [1.82, 2.24) is 14.5 Å². The van der Waals surface area contributed by atoms with Crippen LogP contribution in [0.3, 0.4) is 0 Å². The van der Waals surface area contributed by atoms with Crippen LogP contribution in [-0.2, 0) is 0 Å². The molecule has 0 unspecified atom stereocenters. The summed E-state index contributed by atoms with van der Waals surface area (Å²) in [4.78, 5) is 18.8. The predicted octanol–water partition coefficient (Wildman–Crippen LogP) is 5.08. The van der Waals surface area contributed by atoms with E-state index in [0.717, 1.165) is 17.5 Å². The summed E-state index contributed by atoms with van der Waals surface area (Å²) in [6, 6.07) is 10.0. The Morgan fingerprint density at radius 1 is 1.21 bits per heavy atom. The van der Waals surface area contributed by atoms with Gasteiger partial charge in [0.2, 0.25) is 0 Å². The number of nitrogens with one attached hydrogen (secondary N) is 1. The summed E-state index contributed by atoms with van der Waals surface area (Å²) in [7, 11) is 0. The molecule has 0 aliphatic carbocycles. The number of pyridine rings is 1. The lowest BCUT2D eigenvalue weighted by molar-refractivity contribution is 0.217. The van der Waals surface area contributed by atoms with Crippen molar-refractivity contribution in [1.29, 1.82) is 0 Å². The molecule has 1 N–H and O–H groups in total. The second-order valence-electron chi connectivity index (χ2n) is 7.28. The van der Waals surface area contributed by atoms with E-state index in [0.29, 0.717) is 24.8 Å². The summed E-state index contributed by atoms with van der Waals surface area (Å²) >= 11 is 0. The van der Waals surface area contributed by atoms with Gasteiger partial charge in [0.1, 0.15) is 11.5 Å². The van der Waals surface area contributed by atoms with Crippen molar-refractivity contribution in [3.8, 4) is 0 Å². The summed E-state index contributed by atoms with van der Waals surface area (Å²) in [6.45, 7) is 5.47. The number of hydrogen-bond acceptors (Lipinski definition) is 2. The van der Waals surface area contributed by atoms with Gasteiger partial charge < -0.3 is 14.8 Å². The van der Waals surface area contributed by atoms with E-state index < -0.39 is 0 Å². The van der Waals surface area contributed by atoms with Gasteiger partial charge in [0.25, 0.3) is 0 Å². The van der Waals surface area contributed by atoms with Gasteiger partial charge in [-0.1, -0.05) is 6.08 Å². The molecule has 5 nitrogen and oxygen atoms in total. The molecule has 3 heterocycles. The van der Waals surface area contributed by atoms with Crippen LogP contribution in [0.4, 0.5) is 14.9 Å². The first kappa shape index (κ1) is 18.2. The van der Waals surface area contributed by atoms with Crippen LogP contribution in [0.2, 0.25) is 0 Å². The van der Waals surface area contributed by atoms with Crippen LogP contribution in [0.5, 0.6) is 0 Å². The molecule has 1 aliphatic heterocycles. The van der Waals surface area contributed by atoms with Crippen molar-refractivity contribution in [2.75, 3.05) is 18.4 Å². The number of aromatic nitrogens is 2. The maximum Gasteiger partial charge on any atom is 0.322 e. The summed E-state index contributed by atoms with van der Waals surface area (Å²) in [5.74, 6) is -0.321. The zero-order valence-electron chi connectivity index (χ0n) is 16.0. The molecule has 28 heavy (non-hydrogen) atoms. The van der Waals surface area contributed by atoms with Crippen molar-refractivity contribution >= 4 is 28.3 Å². The monoisotopic (exact) mass is 378 g/mol. The number of hydrogen-bond donors (Lipinski definition) is 1. The van der Waals surface area contributed by atoms with Crippen LogP contribution in [0, 0.1) is 5.82 Å². The summed E-state index contributed by atoms with van der Waals surface area (Å²) < 4.78 is 15.2. The third-order valence-electron chi connectivity index (χ3n) is 5.08. The first-order valence-corrected chi connectivity index (χ1v) is 9.49. The molecule has 4 rings (SSSR count). The van der Waals surface area contributed by atoms with Gasteiger partial charge in [-0.15, -0.1) is 0 Å². The van der Waals surface area contributed by atoms with Crippen molar-refractivity contribution in [3.63, 3.8) is 0 Å². The van der Waals surface area contributed by atoms with E-state index in [1.54, 1.807) is 17.0 Å². The van der Waals surface area contributed by atoms with Gasteiger partial charge >= 0.3 is 6.03 Å². The first-order chi connectivity index (χ1) is 13.5. The fourth-order valence-corrected chi connectivity index (χ4v) is 3.57. The topological polar surface area (TPSA) is 50.2 Å². The number of rotatable bonds is 3. The van der Waals surface area contributed by atoms with Gasteiger partial charge in [-0.25, -0.2) is 14.2 Å². The number of urea groups is 1.